The van der Waals surface area contributed by atoms with Gasteiger partial charge >= 0.3 is 0 Å². The van der Waals surface area contributed by atoms with E-state index in [-0.39, 0.29) is 5.91 Å². The summed E-state index contributed by atoms with van der Waals surface area (Å²) in [5.74, 6) is 0.443. The lowest BCUT2D eigenvalue weighted by Gasteiger charge is -2.20. The average Bonchev–Trinajstić information content (AvgIpc) is 2.98. The second kappa shape index (κ2) is 7.98. The molecule has 1 fully saturated rings. The van der Waals surface area contributed by atoms with Crippen LogP contribution in [-0.2, 0) is 0 Å². The molecule has 1 aromatic heterocycles. The number of rotatable bonds is 7. The van der Waals surface area contributed by atoms with Gasteiger partial charge in [-0.25, -0.2) is 0 Å². The van der Waals surface area contributed by atoms with E-state index in [9.17, 15) is 4.79 Å². The van der Waals surface area contributed by atoms with E-state index in [4.69, 9.17) is 0 Å². The molecule has 0 aliphatic carbocycles. The Labute approximate surface area is 127 Å². The Morgan fingerprint density at radius 3 is 2.90 bits per heavy atom. The minimum atomic E-state index is -0.0263. The highest BCUT2D eigenvalue weighted by Crippen LogP contribution is 2.13. The molecule has 0 saturated carbocycles. The monoisotopic (exact) mass is 290 g/mol. The van der Waals surface area contributed by atoms with E-state index < -0.39 is 0 Å². The maximum atomic E-state index is 12.3. The molecule has 1 amide bonds. The summed E-state index contributed by atoms with van der Waals surface area (Å²) >= 11 is 0. The van der Waals surface area contributed by atoms with Crippen molar-refractivity contribution in [1.82, 2.24) is 15.2 Å². The Hall–Kier alpha value is -1.62. The smallest absolute Gasteiger partial charge is 0.253 e. The number of carbonyl (C=O) groups excluding carboxylic acids is 1. The standard InChI is InChI=1S/C16H26N4O/c1-3-18-15-11-17-7-6-14(15)16(21)19-10-13(2)12-20-8-4-5-9-20/h6-7,11,13,18H,3-5,8-10,12H2,1-2H3,(H,19,21). The first-order valence-electron chi connectivity index (χ1n) is 7.89. The summed E-state index contributed by atoms with van der Waals surface area (Å²) in [6.07, 6.45) is 5.97. The van der Waals surface area contributed by atoms with Crippen LogP contribution < -0.4 is 10.6 Å². The number of amides is 1. The zero-order valence-electron chi connectivity index (χ0n) is 13.1. The van der Waals surface area contributed by atoms with Crippen molar-refractivity contribution in [2.45, 2.75) is 26.7 Å². The molecule has 0 spiro atoms. The lowest BCUT2D eigenvalue weighted by Crippen LogP contribution is -2.34. The molecule has 1 atom stereocenters. The van der Waals surface area contributed by atoms with Gasteiger partial charge in [0, 0.05) is 25.8 Å². The second-order valence-corrected chi connectivity index (χ2v) is 5.77. The fraction of sp³-hybridized carbons (Fsp3) is 0.625. The first-order valence-corrected chi connectivity index (χ1v) is 7.89. The third-order valence-corrected chi connectivity index (χ3v) is 3.81. The number of aromatic nitrogens is 1. The van der Waals surface area contributed by atoms with E-state index in [1.807, 2.05) is 6.92 Å². The van der Waals surface area contributed by atoms with E-state index in [0.717, 1.165) is 18.8 Å². The van der Waals surface area contributed by atoms with Crippen LogP contribution in [0.15, 0.2) is 18.5 Å². The normalized spacial score (nSPS) is 16.7. The molecule has 1 aromatic rings. The van der Waals surface area contributed by atoms with Crippen molar-refractivity contribution in [3.63, 3.8) is 0 Å². The van der Waals surface area contributed by atoms with Crippen LogP contribution in [0.1, 0.15) is 37.0 Å². The highest BCUT2D eigenvalue weighted by Gasteiger charge is 2.16. The quantitative estimate of drug-likeness (QED) is 0.806. The van der Waals surface area contributed by atoms with Gasteiger partial charge in [0.25, 0.3) is 5.91 Å². The van der Waals surface area contributed by atoms with Gasteiger partial charge in [0.1, 0.15) is 0 Å². The Morgan fingerprint density at radius 1 is 1.43 bits per heavy atom. The first kappa shape index (κ1) is 15.8. The molecule has 1 saturated heterocycles. The van der Waals surface area contributed by atoms with Crippen LogP contribution in [0.25, 0.3) is 0 Å². The van der Waals surface area contributed by atoms with Crippen molar-refractivity contribution < 1.29 is 4.79 Å². The third-order valence-electron chi connectivity index (χ3n) is 3.81. The predicted octanol–water partition coefficient (Wildman–Crippen LogP) is 1.98. The van der Waals surface area contributed by atoms with Crippen LogP contribution in [0.2, 0.25) is 0 Å². The highest BCUT2D eigenvalue weighted by molar-refractivity contribution is 5.99. The van der Waals surface area contributed by atoms with Gasteiger partial charge in [-0.15, -0.1) is 0 Å². The number of likely N-dealkylation sites (tertiary alicyclic amines) is 1. The summed E-state index contributed by atoms with van der Waals surface area (Å²) in [7, 11) is 0. The highest BCUT2D eigenvalue weighted by atomic mass is 16.1. The van der Waals surface area contributed by atoms with Gasteiger partial charge in [-0.2, -0.15) is 0 Å². The molecule has 5 heteroatoms. The maximum absolute atomic E-state index is 12.3. The molecule has 1 aliphatic rings. The van der Waals surface area contributed by atoms with Gasteiger partial charge in [0.05, 0.1) is 17.4 Å². The number of anilines is 1. The number of nitrogens with zero attached hydrogens (tertiary/aromatic N) is 2. The van der Waals surface area contributed by atoms with Crippen LogP contribution in [0.4, 0.5) is 5.69 Å². The van der Waals surface area contributed by atoms with Crippen molar-refractivity contribution in [2.24, 2.45) is 5.92 Å². The van der Waals surface area contributed by atoms with Crippen LogP contribution in [-0.4, -0.2) is 48.5 Å². The van der Waals surface area contributed by atoms with Crippen molar-refractivity contribution in [3.05, 3.63) is 24.0 Å². The zero-order valence-corrected chi connectivity index (χ0v) is 13.1. The van der Waals surface area contributed by atoms with Crippen molar-refractivity contribution in [3.8, 4) is 0 Å². The molecular formula is C16H26N4O. The van der Waals surface area contributed by atoms with E-state index in [0.29, 0.717) is 18.0 Å². The Morgan fingerprint density at radius 2 is 2.19 bits per heavy atom. The van der Waals surface area contributed by atoms with Crippen LogP contribution in [0.5, 0.6) is 0 Å². The average molecular weight is 290 g/mol. The number of hydrogen-bond donors (Lipinski definition) is 2. The van der Waals surface area contributed by atoms with Gasteiger partial charge in [-0.3, -0.25) is 9.78 Å². The summed E-state index contributed by atoms with van der Waals surface area (Å²) in [6.45, 7) is 9.15. The SMILES string of the molecule is CCNc1cnccc1C(=O)NCC(C)CN1CCCC1. The molecule has 1 aliphatic heterocycles. The first-order chi connectivity index (χ1) is 10.2. The van der Waals surface area contributed by atoms with Crippen molar-refractivity contribution in [1.29, 1.82) is 0 Å². The lowest BCUT2D eigenvalue weighted by atomic mass is 10.1. The zero-order chi connectivity index (χ0) is 15.1. The lowest BCUT2D eigenvalue weighted by molar-refractivity contribution is 0.0946. The number of nitrogens with one attached hydrogen (secondary N) is 2. The van der Waals surface area contributed by atoms with Crippen LogP contribution in [0.3, 0.4) is 0 Å². The van der Waals surface area contributed by atoms with E-state index >= 15 is 0 Å². The summed E-state index contributed by atoms with van der Waals surface area (Å²) in [6, 6.07) is 1.76. The Balaban J connectivity index is 1.83. The fourth-order valence-electron chi connectivity index (χ4n) is 2.76. The molecule has 21 heavy (non-hydrogen) atoms. The minimum absolute atomic E-state index is 0.0263. The minimum Gasteiger partial charge on any atom is -0.383 e. The third kappa shape index (κ3) is 4.70. The molecule has 0 radical (unpaired) electrons. The molecule has 0 aromatic carbocycles. The number of hydrogen-bond acceptors (Lipinski definition) is 4. The Bertz CT molecular complexity index is 457. The fourth-order valence-corrected chi connectivity index (χ4v) is 2.76. The Kier molecular flexibility index (Phi) is 5.99. The van der Waals surface area contributed by atoms with Gasteiger partial charge in [0.2, 0.25) is 0 Å². The molecule has 0 bridgehead atoms. The summed E-state index contributed by atoms with van der Waals surface area (Å²) in [5.41, 5.74) is 1.46. The van der Waals surface area contributed by atoms with Gasteiger partial charge in [-0.05, 0) is 44.8 Å². The van der Waals surface area contributed by atoms with Crippen LogP contribution in [0, 0.1) is 5.92 Å². The molecule has 2 N–H and O–H groups in total. The molecule has 116 valence electrons. The second-order valence-electron chi connectivity index (χ2n) is 5.77. The van der Waals surface area contributed by atoms with E-state index in [1.54, 1.807) is 18.5 Å². The van der Waals surface area contributed by atoms with E-state index in [1.165, 1.54) is 25.9 Å². The molecular weight excluding hydrogens is 264 g/mol. The summed E-state index contributed by atoms with van der Waals surface area (Å²) in [5, 5.41) is 6.21. The van der Waals surface area contributed by atoms with Gasteiger partial charge in [-0.1, -0.05) is 6.92 Å². The maximum Gasteiger partial charge on any atom is 0.253 e. The summed E-state index contributed by atoms with van der Waals surface area (Å²) < 4.78 is 0. The predicted molar refractivity (Wildman–Crippen MR) is 85.6 cm³/mol. The van der Waals surface area contributed by atoms with E-state index in [2.05, 4.69) is 27.4 Å². The van der Waals surface area contributed by atoms with Gasteiger partial charge < -0.3 is 15.5 Å². The summed E-state index contributed by atoms with van der Waals surface area (Å²) in [4.78, 5) is 18.8. The topological polar surface area (TPSA) is 57.3 Å². The number of pyridine rings is 1. The largest absolute Gasteiger partial charge is 0.383 e. The van der Waals surface area contributed by atoms with Crippen molar-refractivity contribution in [2.75, 3.05) is 38.0 Å². The number of carbonyl (C=O) groups is 1. The van der Waals surface area contributed by atoms with Gasteiger partial charge in [0.15, 0.2) is 0 Å². The molecule has 2 heterocycles. The molecule has 1 unspecified atom stereocenters. The van der Waals surface area contributed by atoms with Crippen molar-refractivity contribution >= 4 is 11.6 Å². The molecule has 5 nitrogen and oxygen atoms in total. The molecule has 2 rings (SSSR count). The van der Waals surface area contributed by atoms with Crippen LogP contribution >= 0.6 is 0 Å².